The zero-order valence-electron chi connectivity index (χ0n) is 12.3. The summed E-state index contributed by atoms with van der Waals surface area (Å²) >= 11 is 0. The molecule has 2 aromatic rings. The molecule has 2 unspecified atom stereocenters. The summed E-state index contributed by atoms with van der Waals surface area (Å²) in [5.74, 6) is 0. The molecule has 4 rings (SSSR count). The summed E-state index contributed by atoms with van der Waals surface area (Å²) in [5.41, 5.74) is -8.16. The molecule has 0 saturated heterocycles. The minimum absolute atomic E-state index is 0.301. The summed E-state index contributed by atoms with van der Waals surface area (Å²) in [7, 11) is 0. The molecule has 2 bridgehead atoms. The molecule has 0 spiro atoms. The maximum absolute atomic E-state index is 14.0. The highest BCUT2D eigenvalue weighted by Crippen LogP contribution is 2.60. The molecule has 0 saturated carbocycles. The van der Waals surface area contributed by atoms with Crippen molar-refractivity contribution in [2.45, 2.75) is 23.8 Å². The second-order valence-electron chi connectivity index (χ2n) is 5.80. The first-order valence-corrected chi connectivity index (χ1v) is 7.20. The van der Waals surface area contributed by atoms with Crippen LogP contribution in [0.25, 0.3) is 0 Å². The van der Waals surface area contributed by atoms with Crippen LogP contribution in [0.1, 0.15) is 11.1 Å². The number of halogens is 6. The summed E-state index contributed by atoms with van der Waals surface area (Å²) in [5, 5.41) is 4.30. The molecule has 2 aliphatic rings. The predicted octanol–water partition coefficient (Wildman–Crippen LogP) is 4.68. The Morgan fingerprint density at radius 1 is 0.640 bits per heavy atom. The van der Waals surface area contributed by atoms with Crippen molar-refractivity contribution in [3.63, 3.8) is 0 Å². The number of hydrogen-bond donors (Lipinski definition) is 2. The van der Waals surface area contributed by atoms with Crippen LogP contribution < -0.4 is 10.6 Å². The summed E-state index contributed by atoms with van der Waals surface area (Å²) in [6, 6.07) is 9.80. The van der Waals surface area contributed by atoms with Crippen molar-refractivity contribution in [2.24, 2.45) is 0 Å². The molecule has 0 fully saturated rings. The SMILES string of the molecule is FC(F)(F)C12Nc3ccccc3C(C(F)(F)F)(Nc3ccccc31)O2. The van der Waals surface area contributed by atoms with Gasteiger partial charge in [0.2, 0.25) is 0 Å². The Hall–Kier alpha value is -2.42. The van der Waals surface area contributed by atoms with E-state index in [-0.39, 0.29) is 11.4 Å². The van der Waals surface area contributed by atoms with Crippen LogP contribution in [0.3, 0.4) is 0 Å². The summed E-state index contributed by atoms with van der Waals surface area (Å²) in [6.07, 6.45) is -10.3. The Labute approximate surface area is 137 Å². The molecule has 2 aromatic carbocycles. The average Bonchev–Trinajstić information content (AvgIpc) is 2.53. The summed E-state index contributed by atoms with van der Waals surface area (Å²) in [4.78, 5) is 0. The summed E-state index contributed by atoms with van der Waals surface area (Å²) in [6.45, 7) is 0. The number of para-hydroxylation sites is 2. The van der Waals surface area contributed by atoms with E-state index < -0.39 is 34.9 Å². The first-order chi connectivity index (χ1) is 11.6. The van der Waals surface area contributed by atoms with Gasteiger partial charge in [-0.1, -0.05) is 36.4 Å². The lowest BCUT2D eigenvalue weighted by atomic mass is 9.87. The number of ether oxygens (including phenoxy) is 1. The summed E-state index contributed by atoms with van der Waals surface area (Å²) < 4.78 is 88.5. The van der Waals surface area contributed by atoms with Gasteiger partial charge >= 0.3 is 12.4 Å². The standard InChI is InChI=1S/C16H10F6N2O/c17-15(18,19)13-9-5-1-3-7-11(9)23-14(25-13,16(20,21)22)10-6-2-4-8-12(10)24-13/h1-8,23-24H. The van der Waals surface area contributed by atoms with Gasteiger partial charge in [0.25, 0.3) is 11.4 Å². The molecule has 0 amide bonds. The van der Waals surface area contributed by atoms with E-state index >= 15 is 0 Å². The van der Waals surface area contributed by atoms with Gasteiger partial charge in [-0.05, 0) is 12.1 Å². The molecule has 0 radical (unpaired) electrons. The van der Waals surface area contributed by atoms with Crippen molar-refractivity contribution in [3.8, 4) is 0 Å². The zero-order chi connectivity index (χ0) is 18.1. The van der Waals surface area contributed by atoms with E-state index in [4.69, 9.17) is 4.74 Å². The molecule has 132 valence electrons. The van der Waals surface area contributed by atoms with Crippen LogP contribution in [0.4, 0.5) is 37.7 Å². The second-order valence-corrected chi connectivity index (χ2v) is 5.80. The molecule has 9 heteroatoms. The lowest BCUT2D eigenvalue weighted by Gasteiger charge is -2.54. The first kappa shape index (κ1) is 16.1. The van der Waals surface area contributed by atoms with Crippen LogP contribution in [0.15, 0.2) is 48.5 Å². The quantitative estimate of drug-likeness (QED) is 0.669. The fraction of sp³-hybridized carbons (Fsp3) is 0.250. The lowest BCUT2D eigenvalue weighted by molar-refractivity contribution is -0.369. The predicted molar refractivity (Wildman–Crippen MR) is 76.7 cm³/mol. The van der Waals surface area contributed by atoms with E-state index in [1.165, 1.54) is 24.3 Å². The molecule has 2 aliphatic heterocycles. The molecule has 25 heavy (non-hydrogen) atoms. The molecular formula is C16H10F6N2O. The van der Waals surface area contributed by atoms with Crippen molar-refractivity contribution in [1.29, 1.82) is 0 Å². The van der Waals surface area contributed by atoms with Gasteiger partial charge in [0, 0.05) is 22.5 Å². The number of anilines is 2. The van der Waals surface area contributed by atoms with Crippen LogP contribution in [0.2, 0.25) is 0 Å². The van der Waals surface area contributed by atoms with E-state index in [0.717, 1.165) is 24.3 Å². The highest BCUT2D eigenvalue weighted by atomic mass is 19.4. The number of benzene rings is 2. The van der Waals surface area contributed by atoms with Gasteiger partial charge in [0.15, 0.2) is 0 Å². The number of fused-ring (bicyclic) bond motifs is 6. The minimum atomic E-state index is -5.14. The van der Waals surface area contributed by atoms with Gasteiger partial charge in [-0.2, -0.15) is 26.3 Å². The Morgan fingerprint density at radius 2 is 1.00 bits per heavy atom. The van der Waals surface area contributed by atoms with Crippen molar-refractivity contribution in [1.82, 2.24) is 0 Å². The average molecular weight is 360 g/mol. The molecule has 0 aromatic heterocycles. The fourth-order valence-corrected chi connectivity index (χ4v) is 3.27. The van der Waals surface area contributed by atoms with Crippen LogP contribution in [-0.2, 0) is 16.2 Å². The maximum Gasteiger partial charge on any atom is 0.441 e. The molecule has 3 nitrogen and oxygen atoms in total. The third kappa shape index (κ3) is 1.92. The monoisotopic (exact) mass is 360 g/mol. The largest absolute Gasteiger partial charge is 0.441 e. The van der Waals surface area contributed by atoms with Crippen LogP contribution in [0, 0.1) is 0 Å². The van der Waals surface area contributed by atoms with Crippen molar-refractivity contribution < 1.29 is 31.1 Å². The third-order valence-corrected chi connectivity index (χ3v) is 4.34. The van der Waals surface area contributed by atoms with Crippen LogP contribution in [-0.4, -0.2) is 12.4 Å². The number of hydrogen-bond acceptors (Lipinski definition) is 3. The van der Waals surface area contributed by atoms with Gasteiger partial charge < -0.3 is 15.4 Å². The van der Waals surface area contributed by atoms with E-state index in [9.17, 15) is 26.3 Å². The highest BCUT2D eigenvalue weighted by molar-refractivity contribution is 5.69. The second kappa shape index (κ2) is 4.60. The van der Waals surface area contributed by atoms with E-state index in [2.05, 4.69) is 10.6 Å². The Balaban J connectivity index is 2.10. The zero-order valence-corrected chi connectivity index (χ0v) is 12.3. The Morgan fingerprint density at radius 3 is 1.36 bits per heavy atom. The van der Waals surface area contributed by atoms with Crippen LogP contribution >= 0.6 is 0 Å². The fourth-order valence-electron chi connectivity index (χ4n) is 3.27. The third-order valence-electron chi connectivity index (χ3n) is 4.34. The first-order valence-electron chi connectivity index (χ1n) is 7.20. The van der Waals surface area contributed by atoms with Crippen molar-refractivity contribution >= 4 is 11.4 Å². The number of alkyl halides is 6. The van der Waals surface area contributed by atoms with E-state index in [0.29, 0.717) is 0 Å². The smallest absolute Gasteiger partial charge is 0.346 e. The normalized spacial score (nSPS) is 27.6. The number of nitrogens with one attached hydrogen (secondary N) is 2. The molecule has 2 heterocycles. The van der Waals surface area contributed by atoms with Crippen molar-refractivity contribution in [3.05, 3.63) is 59.7 Å². The molecular weight excluding hydrogens is 350 g/mol. The van der Waals surface area contributed by atoms with E-state index in [1.54, 1.807) is 0 Å². The highest BCUT2D eigenvalue weighted by Gasteiger charge is 2.73. The van der Waals surface area contributed by atoms with Gasteiger partial charge in [0.1, 0.15) is 0 Å². The van der Waals surface area contributed by atoms with Crippen LogP contribution in [0.5, 0.6) is 0 Å². The van der Waals surface area contributed by atoms with Gasteiger partial charge in [-0.15, -0.1) is 0 Å². The Kier molecular flexibility index (Phi) is 2.96. The molecule has 0 aliphatic carbocycles. The molecule has 2 N–H and O–H groups in total. The maximum atomic E-state index is 14.0. The van der Waals surface area contributed by atoms with Gasteiger partial charge in [0.05, 0.1) is 0 Å². The lowest BCUT2D eigenvalue weighted by Crippen LogP contribution is -2.67. The van der Waals surface area contributed by atoms with Gasteiger partial charge in [-0.3, -0.25) is 0 Å². The topological polar surface area (TPSA) is 33.3 Å². The Bertz CT molecular complexity index is 780. The minimum Gasteiger partial charge on any atom is -0.346 e. The number of rotatable bonds is 0. The van der Waals surface area contributed by atoms with Gasteiger partial charge in [-0.25, -0.2) is 0 Å². The molecule has 2 atom stereocenters. The van der Waals surface area contributed by atoms with Crippen molar-refractivity contribution in [2.75, 3.05) is 10.6 Å². The van der Waals surface area contributed by atoms with E-state index in [1.807, 2.05) is 0 Å².